The maximum Gasteiger partial charge on any atom is 1.00 e. The van der Waals surface area contributed by atoms with Crippen LogP contribution in [0.4, 0.5) is 0 Å². The number of aryl methyl sites for hydroxylation is 2. The van der Waals surface area contributed by atoms with E-state index in [2.05, 4.69) is 5.32 Å². The van der Waals surface area contributed by atoms with E-state index in [1.165, 1.54) is 4.90 Å². The van der Waals surface area contributed by atoms with Crippen molar-refractivity contribution in [3.63, 3.8) is 0 Å². The molecule has 2 atom stereocenters. The maximum atomic E-state index is 14.1. The van der Waals surface area contributed by atoms with E-state index in [0.717, 1.165) is 61.4 Å². The summed E-state index contributed by atoms with van der Waals surface area (Å²) in [6, 6.07) is 45.1. The number of aliphatic hydroxyl groups excluding tert-OH is 1. The van der Waals surface area contributed by atoms with Crippen molar-refractivity contribution >= 4 is 17.8 Å². The third kappa shape index (κ3) is 12.5. The molecule has 3 N–H and O–H groups in total. The standard InChI is InChI=1S/C32H29NO4.C18H19NO3.C2H6O.Na/c1-22-17-18-26-20-33(31(34)29(24-13-7-3-8-14-24)25-15-9-4-10-16-25)28(32(35)36)19-27(26)30(22)37-21-23-11-5-2-6-12-23;1-12-7-8-14-10-19-16(18(20)21)9-15(14)17(12)22-11-13-5-3-2-4-6-13;1-2-3;/h2-18,28-29H,19-21H2,1H3,(H,35,36);2-8,16,19H,9-11H2,1H3,(H,20,21);3H,2H2,1H3;/q;;;+1/p-1/t28-;16-;;/m00../s1. The van der Waals surface area contributed by atoms with Crippen LogP contribution in [0.5, 0.6) is 11.5 Å². The van der Waals surface area contributed by atoms with Crippen LogP contribution in [0.2, 0.25) is 0 Å². The van der Waals surface area contributed by atoms with E-state index in [4.69, 9.17) is 14.6 Å². The molecule has 63 heavy (non-hydrogen) atoms. The number of benzene rings is 6. The molecule has 1 amide bonds. The van der Waals surface area contributed by atoms with Crippen molar-refractivity contribution in [2.75, 3.05) is 6.61 Å². The summed E-state index contributed by atoms with van der Waals surface area (Å²) in [5, 5.41) is 32.2. The Balaban J connectivity index is 0.000000245. The Kier molecular flexibility index (Phi) is 18.1. The molecule has 10 nitrogen and oxygen atoms in total. The fourth-order valence-electron chi connectivity index (χ4n) is 7.85. The molecule has 320 valence electrons. The van der Waals surface area contributed by atoms with Crippen molar-refractivity contribution in [2.45, 2.75) is 77.9 Å². The second-order valence-electron chi connectivity index (χ2n) is 15.3. The number of carboxylic acid groups (broad SMARTS) is 2. The smallest absolute Gasteiger partial charge is 0.548 e. The fraction of sp³-hybridized carbons (Fsp3) is 0.250. The summed E-state index contributed by atoms with van der Waals surface area (Å²) in [5.41, 5.74) is 9.58. The molecule has 11 heteroatoms. The van der Waals surface area contributed by atoms with Crippen LogP contribution in [-0.2, 0) is 53.5 Å². The van der Waals surface area contributed by atoms with E-state index in [1.54, 1.807) is 6.92 Å². The van der Waals surface area contributed by atoms with Gasteiger partial charge in [-0.05, 0) is 65.3 Å². The normalized spacial score (nSPS) is 14.8. The number of carboxylic acids is 2. The molecule has 2 aliphatic heterocycles. The number of fused-ring (bicyclic) bond motifs is 2. The van der Waals surface area contributed by atoms with Crippen LogP contribution in [0.25, 0.3) is 0 Å². The zero-order chi connectivity index (χ0) is 44.0. The molecule has 0 unspecified atom stereocenters. The van der Waals surface area contributed by atoms with E-state index in [9.17, 15) is 24.6 Å². The maximum absolute atomic E-state index is 14.1. The van der Waals surface area contributed by atoms with Crippen molar-refractivity contribution in [3.8, 4) is 11.5 Å². The van der Waals surface area contributed by atoms with E-state index in [-0.39, 0.29) is 55.0 Å². The van der Waals surface area contributed by atoms with Crippen molar-refractivity contribution in [2.24, 2.45) is 0 Å². The third-order valence-corrected chi connectivity index (χ3v) is 11.0. The summed E-state index contributed by atoms with van der Waals surface area (Å²) in [6.45, 7) is 7.48. The topological polar surface area (TPSA) is 148 Å². The minimum absolute atomic E-state index is 0. The average molecular weight is 857 g/mol. The minimum atomic E-state index is -1.27. The Hall–Kier alpha value is -5.75. The second-order valence-corrected chi connectivity index (χ2v) is 15.3. The van der Waals surface area contributed by atoms with Crippen molar-refractivity contribution in [3.05, 3.63) is 201 Å². The van der Waals surface area contributed by atoms with Gasteiger partial charge in [-0.15, -0.1) is 0 Å². The summed E-state index contributed by atoms with van der Waals surface area (Å²) in [4.78, 5) is 39.2. The molecule has 2 heterocycles. The van der Waals surface area contributed by atoms with Gasteiger partial charge in [-0.2, -0.15) is 0 Å². The molecule has 0 fully saturated rings. The summed E-state index contributed by atoms with van der Waals surface area (Å²) < 4.78 is 12.2. The van der Waals surface area contributed by atoms with Crippen LogP contribution in [0.15, 0.2) is 146 Å². The quantitative estimate of drug-likeness (QED) is 0.164. The SMILES string of the molecule is CCO.Cc1ccc2c(c1OCc1ccccc1)C[C@@H](C(=O)O)NC2.Cc1ccc2c(c1OCc1ccccc1)C[C@@H](C(=O)[O-])N(C(=O)C(c1ccccc1)c1ccccc1)C2.[Na+]. The molecule has 0 aliphatic carbocycles. The van der Waals surface area contributed by atoms with E-state index in [0.29, 0.717) is 31.9 Å². The number of hydrogen-bond acceptors (Lipinski definition) is 8. The molecule has 0 saturated carbocycles. The number of aliphatic carboxylic acids is 2. The first-order chi connectivity index (χ1) is 30.1. The Labute approximate surface area is 391 Å². The molecular formula is C52H53N2NaO8. The Morgan fingerprint density at radius 1 is 0.683 bits per heavy atom. The summed E-state index contributed by atoms with van der Waals surface area (Å²) in [5.74, 6) is -1.46. The first-order valence-corrected chi connectivity index (χ1v) is 20.8. The predicted molar refractivity (Wildman–Crippen MR) is 236 cm³/mol. The van der Waals surface area contributed by atoms with Crippen LogP contribution in [0, 0.1) is 13.8 Å². The molecular weight excluding hydrogens is 804 g/mol. The van der Waals surface area contributed by atoms with Gasteiger partial charge in [0.2, 0.25) is 5.91 Å². The van der Waals surface area contributed by atoms with Crippen molar-refractivity contribution < 1.29 is 68.7 Å². The van der Waals surface area contributed by atoms with Gasteiger partial charge in [0.15, 0.2) is 0 Å². The predicted octanol–water partition coefficient (Wildman–Crippen LogP) is 4.08. The number of ether oxygens (including phenoxy) is 2. The molecule has 0 saturated heterocycles. The average Bonchev–Trinajstić information content (AvgIpc) is 3.29. The number of rotatable bonds is 11. The van der Waals surface area contributed by atoms with E-state index >= 15 is 0 Å². The first kappa shape index (κ1) is 48.3. The van der Waals surface area contributed by atoms with Gasteiger partial charge in [0.25, 0.3) is 0 Å². The summed E-state index contributed by atoms with van der Waals surface area (Å²) in [6.07, 6.45) is 0.585. The van der Waals surface area contributed by atoms with Crippen LogP contribution < -0.4 is 49.5 Å². The molecule has 0 radical (unpaired) electrons. The van der Waals surface area contributed by atoms with Gasteiger partial charge in [-0.1, -0.05) is 146 Å². The van der Waals surface area contributed by atoms with Crippen LogP contribution >= 0.6 is 0 Å². The van der Waals surface area contributed by atoms with Gasteiger partial charge in [0.1, 0.15) is 30.8 Å². The zero-order valence-electron chi connectivity index (χ0n) is 36.3. The third-order valence-electron chi connectivity index (χ3n) is 11.0. The molecule has 0 spiro atoms. The van der Waals surface area contributed by atoms with E-state index < -0.39 is 29.9 Å². The Morgan fingerprint density at radius 3 is 1.56 bits per heavy atom. The Morgan fingerprint density at radius 2 is 1.11 bits per heavy atom. The molecule has 6 aromatic carbocycles. The number of nitrogens with zero attached hydrogens (tertiary/aromatic N) is 1. The van der Waals surface area contributed by atoms with Gasteiger partial charge in [-0.3, -0.25) is 9.59 Å². The number of nitrogens with one attached hydrogen (secondary N) is 1. The van der Waals surface area contributed by atoms with Crippen molar-refractivity contribution in [1.29, 1.82) is 0 Å². The monoisotopic (exact) mass is 856 g/mol. The van der Waals surface area contributed by atoms with Gasteiger partial charge in [0.05, 0.1) is 17.9 Å². The van der Waals surface area contributed by atoms with Crippen molar-refractivity contribution in [1.82, 2.24) is 10.2 Å². The largest absolute Gasteiger partial charge is 1.00 e. The van der Waals surface area contributed by atoms with Crippen LogP contribution in [0.1, 0.15) is 68.5 Å². The molecule has 0 aromatic heterocycles. The zero-order valence-corrected chi connectivity index (χ0v) is 38.3. The van der Waals surface area contributed by atoms with Gasteiger partial charge < -0.3 is 39.8 Å². The molecule has 6 aromatic rings. The number of hydrogen-bond donors (Lipinski definition) is 3. The fourth-order valence-corrected chi connectivity index (χ4v) is 7.85. The van der Waals surface area contributed by atoms with Crippen LogP contribution in [-0.4, -0.2) is 51.6 Å². The number of amides is 1. The summed E-state index contributed by atoms with van der Waals surface area (Å²) >= 11 is 0. The minimum Gasteiger partial charge on any atom is -0.548 e. The number of carbonyl (C=O) groups is 3. The first-order valence-electron chi connectivity index (χ1n) is 20.8. The Bertz CT molecular complexity index is 2380. The second kappa shape index (κ2) is 23.6. The summed E-state index contributed by atoms with van der Waals surface area (Å²) in [7, 11) is 0. The molecule has 8 rings (SSSR count). The van der Waals surface area contributed by atoms with Gasteiger partial charge in [0, 0.05) is 43.7 Å². The van der Waals surface area contributed by atoms with E-state index in [1.807, 2.05) is 159 Å². The van der Waals surface area contributed by atoms with Crippen LogP contribution in [0.3, 0.4) is 0 Å². The van der Waals surface area contributed by atoms with Gasteiger partial charge in [-0.25, -0.2) is 0 Å². The molecule has 2 aliphatic rings. The number of aliphatic hydroxyl groups is 1. The number of carbonyl (C=O) groups excluding carboxylic acids is 2. The molecule has 0 bridgehead atoms. The van der Waals surface area contributed by atoms with Gasteiger partial charge >= 0.3 is 35.5 Å².